The number of methoxy groups -OCH3 is 1. The molecule has 37 heavy (non-hydrogen) atoms. The molecular formula is C27H42O9Si. The third kappa shape index (κ3) is 7.94. The molecule has 1 aliphatic rings. The first-order valence-corrected chi connectivity index (χ1v) is 15.6. The van der Waals surface area contributed by atoms with E-state index in [1.54, 1.807) is 0 Å². The van der Waals surface area contributed by atoms with Crippen LogP contribution in [-0.4, -0.2) is 69.0 Å². The van der Waals surface area contributed by atoms with Gasteiger partial charge in [-0.3, -0.25) is 4.79 Å². The zero-order chi connectivity index (χ0) is 28.0. The maximum atomic E-state index is 12.8. The van der Waals surface area contributed by atoms with Crippen LogP contribution in [0.2, 0.25) is 18.1 Å². The number of aliphatic hydroxyl groups is 1. The minimum absolute atomic E-state index is 0.0107. The molecule has 9 nitrogen and oxygen atoms in total. The number of benzene rings is 1. The van der Waals surface area contributed by atoms with E-state index in [9.17, 15) is 19.5 Å². The molecule has 10 heteroatoms. The maximum Gasteiger partial charge on any atom is 0.339 e. The average Bonchev–Trinajstić information content (AvgIpc) is 2.83. The Morgan fingerprint density at radius 3 is 2.24 bits per heavy atom. The summed E-state index contributed by atoms with van der Waals surface area (Å²) in [5.74, 6) is -1.40. The van der Waals surface area contributed by atoms with Crippen molar-refractivity contribution in [2.45, 2.75) is 103 Å². The summed E-state index contributed by atoms with van der Waals surface area (Å²) in [5.41, 5.74) is 0.825. The summed E-state index contributed by atoms with van der Waals surface area (Å²) in [6, 6.07) is 9.28. The lowest BCUT2D eigenvalue weighted by Crippen LogP contribution is -2.64. The average molecular weight is 539 g/mol. The number of hydrogen-bond acceptors (Lipinski definition) is 9. The number of ketones is 1. The highest BCUT2D eigenvalue weighted by atomic mass is 28.4. The molecule has 0 aliphatic carbocycles. The summed E-state index contributed by atoms with van der Waals surface area (Å²) in [6.45, 7) is 14.0. The van der Waals surface area contributed by atoms with E-state index in [1.807, 2.05) is 43.4 Å². The molecule has 0 aromatic heterocycles. The maximum absolute atomic E-state index is 12.8. The zero-order valence-electron chi connectivity index (χ0n) is 23.2. The largest absolute Gasteiger partial charge is 0.467 e. The van der Waals surface area contributed by atoms with Crippen molar-refractivity contribution in [3.05, 3.63) is 35.9 Å². The number of esters is 2. The molecule has 0 spiro atoms. The van der Waals surface area contributed by atoms with Crippen LogP contribution in [0.1, 0.15) is 53.0 Å². The van der Waals surface area contributed by atoms with E-state index in [0.717, 1.165) is 5.56 Å². The highest BCUT2D eigenvalue weighted by Crippen LogP contribution is 2.46. The topological polar surface area (TPSA) is 118 Å². The van der Waals surface area contributed by atoms with Gasteiger partial charge in [0, 0.05) is 6.42 Å². The number of aliphatic hydroxyl groups excluding tert-OH is 1. The Balaban J connectivity index is 2.40. The predicted molar refractivity (Wildman–Crippen MR) is 139 cm³/mol. The van der Waals surface area contributed by atoms with E-state index >= 15 is 0 Å². The Kier molecular flexibility index (Phi) is 11.0. The highest BCUT2D eigenvalue weighted by Gasteiger charge is 2.55. The Morgan fingerprint density at radius 2 is 1.70 bits per heavy atom. The van der Waals surface area contributed by atoms with Crippen molar-refractivity contribution in [2.75, 3.05) is 7.11 Å². The van der Waals surface area contributed by atoms with Crippen molar-refractivity contribution in [1.29, 1.82) is 0 Å². The monoisotopic (exact) mass is 538 g/mol. The summed E-state index contributed by atoms with van der Waals surface area (Å²) in [6.07, 6.45) is -6.63. The van der Waals surface area contributed by atoms with Crippen LogP contribution in [0.5, 0.6) is 0 Å². The molecular weight excluding hydrogens is 496 g/mol. The normalized spacial score (nSPS) is 24.5. The van der Waals surface area contributed by atoms with Gasteiger partial charge in [0.05, 0.1) is 20.1 Å². The van der Waals surface area contributed by atoms with E-state index in [4.69, 9.17) is 23.4 Å². The first-order valence-electron chi connectivity index (χ1n) is 12.6. The Morgan fingerprint density at radius 1 is 1.08 bits per heavy atom. The first-order chi connectivity index (χ1) is 17.2. The van der Waals surface area contributed by atoms with Crippen LogP contribution in [0, 0.1) is 5.92 Å². The Labute approximate surface area is 220 Å². The van der Waals surface area contributed by atoms with Crippen molar-refractivity contribution in [1.82, 2.24) is 0 Å². The van der Waals surface area contributed by atoms with Crippen LogP contribution in [-0.2, 0) is 44.4 Å². The lowest BCUT2D eigenvalue weighted by molar-refractivity contribution is -0.288. The molecule has 0 radical (unpaired) electrons. The quantitative estimate of drug-likeness (QED) is 0.313. The van der Waals surface area contributed by atoms with Crippen molar-refractivity contribution in [3.63, 3.8) is 0 Å². The predicted octanol–water partition coefficient (Wildman–Crippen LogP) is 3.77. The first kappa shape index (κ1) is 31.1. The van der Waals surface area contributed by atoms with Crippen LogP contribution in [0.15, 0.2) is 30.3 Å². The smallest absolute Gasteiger partial charge is 0.339 e. The zero-order valence-corrected chi connectivity index (χ0v) is 24.2. The number of carbonyl (C=O) groups excluding carboxylic acids is 3. The summed E-state index contributed by atoms with van der Waals surface area (Å²) < 4.78 is 29.0. The third-order valence-corrected chi connectivity index (χ3v) is 12.1. The summed E-state index contributed by atoms with van der Waals surface area (Å²) in [7, 11) is -1.34. The number of hydrogen-bond donors (Lipinski definition) is 1. The number of Topliss-reactive ketones (excluding diaryl/α,β-unsaturated/α-hetero) is 1. The van der Waals surface area contributed by atoms with Gasteiger partial charge in [-0.1, -0.05) is 58.0 Å². The van der Waals surface area contributed by atoms with Crippen molar-refractivity contribution in [2.24, 2.45) is 5.92 Å². The summed E-state index contributed by atoms with van der Waals surface area (Å²) in [5, 5.41) is 11.2. The second-order valence-electron chi connectivity index (χ2n) is 10.9. The number of ether oxygens (including phenoxy) is 4. The Hall–Kier alpha value is -2.11. The van der Waals surface area contributed by atoms with Gasteiger partial charge in [-0.15, -0.1) is 0 Å². The molecule has 1 unspecified atom stereocenters. The molecule has 1 aliphatic heterocycles. The van der Waals surface area contributed by atoms with Gasteiger partial charge in [-0.25, -0.2) is 4.79 Å². The molecule has 1 heterocycles. The van der Waals surface area contributed by atoms with Gasteiger partial charge in [0.15, 0.2) is 26.8 Å². The van der Waals surface area contributed by atoms with Gasteiger partial charge >= 0.3 is 11.9 Å². The van der Waals surface area contributed by atoms with E-state index < -0.39 is 51.0 Å². The molecule has 1 aromatic carbocycles. The molecule has 0 bridgehead atoms. The standard InChI is InChI=1S/C27H42O9Si/c1-17(2)27(4,5)37(7,8)36-26-21(30)22(33-16-19-12-10-9-11-13-19)23(24(35-26)25(31)32-6)34-20(29)15-14-18(3)28/h9-13,17,21-24,26,30H,14-16H2,1-8H3/t21-,22-,23+,24-,26?/m1/s1. The molecule has 5 atom stereocenters. The Bertz CT molecular complexity index is 916. The lowest BCUT2D eigenvalue weighted by atomic mass is 9.98. The van der Waals surface area contributed by atoms with Gasteiger partial charge in [0.2, 0.25) is 0 Å². The fourth-order valence-corrected chi connectivity index (χ4v) is 6.41. The van der Waals surface area contributed by atoms with Crippen LogP contribution in [0.25, 0.3) is 0 Å². The van der Waals surface area contributed by atoms with Gasteiger partial charge in [-0.2, -0.15) is 0 Å². The number of rotatable bonds is 12. The highest BCUT2D eigenvalue weighted by molar-refractivity contribution is 6.74. The van der Waals surface area contributed by atoms with Crippen LogP contribution in [0.3, 0.4) is 0 Å². The minimum Gasteiger partial charge on any atom is -0.467 e. The molecule has 2 rings (SSSR count). The second-order valence-corrected chi connectivity index (χ2v) is 15.4. The van der Waals surface area contributed by atoms with E-state index in [-0.39, 0.29) is 36.2 Å². The fourth-order valence-electron chi connectivity index (χ4n) is 3.94. The molecule has 0 amide bonds. The van der Waals surface area contributed by atoms with Crippen LogP contribution in [0.4, 0.5) is 0 Å². The SMILES string of the molecule is COC(=O)[C@@H]1OC(O[Si](C)(C)C(C)(C)C(C)C)[C@H](O)[C@@H](OCc2ccccc2)[C@@H]1OC(=O)CCC(C)=O. The minimum atomic E-state index is -2.53. The van der Waals surface area contributed by atoms with E-state index in [1.165, 1.54) is 14.0 Å². The van der Waals surface area contributed by atoms with Crippen LogP contribution >= 0.6 is 0 Å². The van der Waals surface area contributed by atoms with Crippen molar-refractivity contribution in [3.8, 4) is 0 Å². The van der Waals surface area contributed by atoms with Gasteiger partial charge in [0.1, 0.15) is 18.0 Å². The second kappa shape index (κ2) is 13.1. The molecule has 1 aromatic rings. The summed E-state index contributed by atoms with van der Waals surface area (Å²) >= 11 is 0. The van der Waals surface area contributed by atoms with E-state index in [0.29, 0.717) is 0 Å². The van der Waals surface area contributed by atoms with Crippen molar-refractivity contribution >= 4 is 26.0 Å². The van der Waals surface area contributed by atoms with E-state index in [2.05, 4.69) is 27.7 Å². The molecule has 1 N–H and O–H groups in total. The van der Waals surface area contributed by atoms with Crippen molar-refractivity contribution < 1.29 is 42.9 Å². The molecule has 1 saturated heterocycles. The van der Waals surface area contributed by atoms with Gasteiger partial charge in [0.25, 0.3) is 0 Å². The van der Waals surface area contributed by atoms with Gasteiger partial charge in [-0.05, 0) is 36.5 Å². The fraction of sp³-hybridized carbons (Fsp3) is 0.667. The van der Waals surface area contributed by atoms with Crippen LogP contribution < -0.4 is 0 Å². The van der Waals surface area contributed by atoms with Gasteiger partial charge < -0.3 is 33.3 Å². The molecule has 0 saturated carbocycles. The third-order valence-electron chi connectivity index (χ3n) is 7.59. The number of carbonyl (C=O) groups is 3. The lowest BCUT2D eigenvalue weighted by Gasteiger charge is -2.48. The molecule has 1 fully saturated rings. The summed E-state index contributed by atoms with van der Waals surface area (Å²) in [4.78, 5) is 36.7. The molecule has 208 valence electrons.